The van der Waals surface area contributed by atoms with Crippen LogP contribution in [0.15, 0.2) is 46.0 Å². The lowest BCUT2D eigenvalue weighted by Crippen LogP contribution is -2.45. The first-order valence-corrected chi connectivity index (χ1v) is 11.7. The molecule has 1 atom stereocenters. The van der Waals surface area contributed by atoms with E-state index >= 15 is 0 Å². The van der Waals surface area contributed by atoms with Crippen LogP contribution in [0.2, 0.25) is 0 Å². The highest BCUT2D eigenvalue weighted by Crippen LogP contribution is 2.28. The van der Waals surface area contributed by atoms with E-state index in [0.717, 1.165) is 11.3 Å². The van der Waals surface area contributed by atoms with Gasteiger partial charge >= 0.3 is 0 Å². The van der Waals surface area contributed by atoms with Gasteiger partial charge in [-0.15, -0.1) is 11.3 Å². The Labute approximate surface area is 170 Å². The maximum atomic E-state index is 12.8. The van der Waals surface area contributed by atoms with Crippen molar-refractivity contribution in [3.05, 3.63) is 47.3 Å². The van der Waals surface area contributed by atoms with E-state index in [2.05, 4.69) is 19.2 Å². The van der Waals surface area contributed by atoms with Gasteiger partial charge in [0.25, 0.3) is 10.0 Å². The number of nitrogens with one attached hydrogen (secondary N) is 1. The molecule has 1 aromatic carbocycles. The van der Waals surface area contributed by atoms with E-state index in [4.69, 9.17) is 4.74 Å². The third-order valence-corrected chi connectivity index (χ3v) is 7.82. The van der Waals surface area contributed by atoms with Gasteiger partial charge in [-0.1, -0.05) is 32.0 Å². The molecule has 0 unspecified atom stereocenters. The summed E-state index contributed by atoms with van der Waals surface area (Å²) in [5.41, 5.74) is 0.941. The van der Waals surface area contributed by atoms with Crippen LogP contribution in [0, 0.1) is 5.92 Å². The van der Waals surface area contributed by atoms with Gasteiger partial charge < -0.3 is 10.1 Å². The molecule has 1 N–H and O–H groups in total. The van der Waals surface area contributed by atoms with Gasteiger partial charge in [-0.05, 0) is 47.9 Å². The van der Waals surface area contributed by atoms with Crippen molar-refractivity contribution in [1.82, 2.24) is 9.62 Å². The Hall–Kier alpha value is -1.90. The van der Waals surface area contributed by atoms with Gasteiger partial charge in [0.1, 0.15) is 16.0 Å². The van der Waals surface area contributed by atoms with Crippen LogP contribution in [0.25, 0.3) is 0 Å². The van der Waals surface area contributed by atoms with Crippen molar-refractivity contribution < 1.29 is 17.9 Å². The third-order valence-electron chi connectivity index (χ3n) is 4.54. The van der Waals surface area contributed by atoms with Crippen LogP contribution in [0.4, 0.5) is 0 Å². The Kier molecular flexibility index (Phi) is 6.74. The van der Waals surface area contributed by atoms with Crippen LogP contribution in [0.5, 0.6) is 5.75 Å². The van der Waals surface area contributed by atoms with E-state index in [-0.39, 0.29) is 10.1 Å². The Morgan fingerprint density at radius 1 is 1.29 bits per heavy atom. The molecular formula is C20H26N2O4S2. The summed E-state index contributed by atoms with van der Waals surface area (Å²) in [6.07, 6.45) is 1.23. The number of benzene rings is 1. The molecule has 0 bridgehead atoms. The second kappa shape index (κ2) is 9.07. The van der Waals surface area contributed by atoms with Crippen molar-refractivity contribution in [3.8, 4) is 5.75 Å². The van der Waals surface area contributed by atoms with Gasteiger partial charge in [-0.25, -0.2) is 8.42 Å². The number of ether oxygens (including phenoxy) is 1. The molecular weight excluding hydrogens is 396 g/mol. The molecule has 2 heterocycles. The van der Waals surface area contributed by atoms with E-state index in [1.54, 1.807) is 17.5 Å². The van der Waals surface area contributed by atoms with Gasteiger partial charge in [-0.2, -0.15) is 4.31 Å². The number of rotatable bonds is 8. The van der Waals surface area contributed by atoms with Gasteiger partial charge in [0.2, 0.25) is 5.91 Å². The lowest BCUT2D eigenvalue weighted by atomic mass is 10.2. The second-order valence-corrected chi connectivity index (χ2v) is 10.3. The number of carbonyl (C=O) groups is 1. The van der Waals surface area contributed by atoms with Crippen molar-refractivity contribution in [3.63, 3.8) is 0 Å². The SMILES string of the molecule is CC(C)COc1ccc(CNC(=O)[C@H]2CCCN2S(=O)(=O)c2cccs2)cc1. The molecule has 1 saturated heterocycles. The largest absolute Gasteiger partial charge is 0.493 e. The van der Waals surface area contributed by atoms with E-state index in [1.165, 1.54) is 15.6 Å². The highest BCUT2D eigenvalue weighted by Gasteiger charge is 2.39. The minimum atomic E-state index is -3.62. The summed E-state index contributed by atoms with van der Waals surface area (Å²) < 4.78 is 32.8. The normalized spacial score (nSPS) is 17.8. The highest BCUT2D eigenvalue weighted by molar-refractivity contribution is 7.91. The zero-order valence-electron chi connectivity index (χ0n) is 16.1. The number of thiophene rings is 1. The van der Waals surface area contributed by atoms with Crippen LogP contribution in [-0.2, 0) is 21.4 Å². The number of hydrogen-bond donors (Lipinski definition) is 1. The number of nitrogens with zero attached hydrogens (tertiary/aromatic N) is 1. The molecule has 0 radical (unpaired) electrons. The first-order chi connectivity index (χ1) is 13.4. The Bertz CT molecular complexity index is 877. The van der Waals surface area contributed by atoms with Crippen LogP contribution < -0.4 is 10.1 Å². The van der Waals surface area contributed by atoms with Crippen LogP contribution in [-0.4, -0.2) is 37.8 Å². The quantitative estimate of drug-likeness (QED) is 0.709. The number of hydrogen-bond acceptors (Lipinski definition) is 5. The molecule has 1 aliphatic rings. The summed E-state index contributed by atoms with van der Waals surface area (Å²) in [7, 11) is -3.62. The van der Waals surface area contributed by atoms with Crippen molar-refractivity contribution in [2.24, 2.45) is 5.92 Å². The Balaban J connectivity index is 1.58. The van der Waals surface area contributed by atoms with Gasteiger partial charge in [0.15, 0.2) is 0 Å². The molecule has 28 heavy (non-hydrogen) atoms. The van der Waals surface area contributed by atoms with Crippen LogP contribution >= 0.6 is 11.3 Å². The van der Waals surface area contributed by atoms with E-state index in [1.807, 2.05) is 24.3 Å². The summed E-state index contributed by atoms with van der Waals surface area (Å²) in [6, 6.07) is 10.2. The molecule has 1 aromatic heterocycles. The number of amides is 1. The molecule has 6 nitrogen and oxygen atoms in total. The van der Waals surface area contributed by atoms with Gasteiger partial charge in [-0.3, -0.25) is 4.79 Å². The summed E-state index contributed by atoms with van der Waals surface area (Å²) in [5, 5.41) is 4.60. The molecule has 0 spiro atoms. The topological polar surface area (TPSA) is 75.7 Å². The Morgan fingerprint density at radius 2 is 2.04 bits per heavy atom. The molecule has 1 fully saturated rings. The monoisotopic (exact) mass is 422 g/mol. The maximum absolute atomic E-state index is 12.8. The molecule has 1 aliphatic heterocycles. The van der Waals surface area contributed by atoms with Crippen LogP contribution in [0.1, 0.15) is 32.3 Å². The Morgan fingerprint density at radius 3 is 2.68 bits per heavy atom. The van der Waals surface area contributed by atoms with Crippen LogP contribution in [0.3, 0.4) is 0 Å². The lowest BCUT2D eigenvalue weighted by molar-refractivity contribution is -0.124. The molecule has 8 heteroatoms. The maximum Gasteiger partial charge on any atom is 0.253 e. The average Bonchev–Trinajstić information content (AvgIpc) is 3.37. The van der Waals surface area contributed by atoms with E-state index in [9.17, 15) is 13.2 Å². The molecule has 2 aromatic rings. The summed E-state index contributed by atoms with van der Waals surface area (Å²) in [5.74, 6) is 1.00. The summed E-state index contributed by atoms with van der Waals surface area (Å²) in [6.45, 7) is 5.57. The highest BCUT2D eigenvalue weighted by atomic mass is 32.2. The molecule has 0 aliphatic carbocycles. The predicted octanol–water partition coefficient (Wildman–Crippen LogP) is 3.25. The van der Waals surface area contributed by atoms with Crippen molar-refractivity contribution >= 4 is 27.3 Å². The summed E-state index contributed by atoms with van der Waals surface area (Å²) in [4.78, 5) is 12.7. The zero-order chi connectivity index (χ0) is 20.1. The first-order valence-electron chi connectivity index (χ1n) is 9.42. The number of sulfonamides is 1. The van der Waals surface area contributed by atoms with Crippen molar-refractivity contribution in [2.45, 2.75) is 43.5 Å². The minimum absolute atomic E-state index is 0.252. The number of carbonyl (C=O) groups excluding carboxylic acids is 1. The van der Waals surface area contributed by atoms with E-state index in [0.29, 0.717) is 38.5 Å². The van der Waals surface area contributed by atoms with Gasteiger partial charge in [0.05, 0.1) is 6.61 Å². The third kappa shape index (κ3) is 4.92. The lowest BCUT2D eigenvalue weighted by Gasteiger charge is -2.22. The average molecular weight is 423 g/mol. The molecule has 1 amide bonds. The zero-order valence-corrected chi connectivity index (χ0v) is 17.8. The van der Waals surface area contributed by atoms with E-state index < -0.39 is 16.1 Å². The first kappa shape index (κ1) is 20.8. The standard InChI is InChI=1S/C20H26N2O4S2/c1-15(2)14-26-17-9-7-16(8-10-17)13-21-20(23)18-5-3-11-22(18)28(24,25)19-6-4-12-27-19/h4,6-10,12,15,18H,3,5,11,13-14H2,1-2H3,(H,21,23)/t18-/m1/s1. The second-order valence-electron chi connectivity index (χ2n) is 7.27. The molecule has 0 saturated carbocycles. The fraction of sp³-hybridized carbons (Fsp3) is 0.450. The summed E-state index contributed by atoms with van der Waals surface area (Å²) >= 11 is 1.17. The van der Waals surface area contributed by atoms with Crippen molar-refractivity contribution in [1.29, 1.82) is 0 Å². The smallest absolute Gasteiger partial charge is 0.253 e. The fourth-order valence-electron chi connectivity index (χ4n) is 3.09. The molecule has 152 valence electrons. The fourth-order valence-corrected chi connectivity index (χ4v) is 5.87. The minimum Gasteiger partial charge on any atom is -0.493 e. The predicted molar refractivity (Wildman–Crippen MR) is 110 cm³/mol. The molecule has 3 rings (SSSR count). The van der Waals surface area contributed by atoms with Crippen molar-refractivity contribution in [2.75, 3.05) is 13.2 Å². The van der Waals surface area contributed by atoms with Gasteiger partial charge in [0, 0.05) is 13.1 Å².